The Morgan fingerprint density at radius 1 is 1.39 bits per heavy atom. The molecule has 6 atom stereocenters. The van der Waals surface area contributed by atoms with E-state index in [1.165, 1.54) is 7.11 Å². The lowest BCUT2D eigenvalue weighted by Crippen LogP contribution is -2.35. The van der Waals surface area contributed by atoms with Crippen molar-refractivity contribution in [1.29, 1.82) is 0 Å². The van der Waals surface area contributed by atoms with Crippen LogP contribution in [0.5, 0.6) is 0 Å². The van der Waals surface area contributed by atoms with Gasteiger partial charge in [0.25, 0.3) is 0 Å². The predicted octanol–water partition coefficient (Wildman–Crippen LogP) is 3.92. The number of carbonyl (C=O) groups excluding carboxylic acids is 1. The van der Waals surface area contributed by atoms with Crippen LogP contribution in [0.4, 0.5) is 0 Å². The van der Waals surface area contributed by atoms with Gasteiger partial charge in [-0.15, -0.1) is 11.6 Å². The third-order valence-electron chi connectivity index (χ3n) is 5.22. The maximum atomic E-state index is 11.4. The molecule has 23 heavy (non-hydrogen) atoms. The maximum Gasteiger partial charge on any atom is 0.308 e. The lowest BCUT2D eigenvalue weighted by Gasteiger charge is -2.32. The molecule has 1 rings (SSSR count). The summed E-state index contributed by atoms with van der Waals surface area (Å²) in [5.74, 6) is 0.105. The van der Waals surface area contributed by atoms with E-state index in [2.05, 4.69) is 25.5 Å². The van der Waals surface area contributed by atoms with Gasteiger partial charge in [0, 0.05) is 0 Å². The summed E-state index contributed by atoms with van der Waals surface area (Å²) in [6.07, 6.45) is 3.86. The highest BCUT2D eigenvalue weighted by atomic mass is 35.5. The van der Waals surface area contributed by atoms with Crippen molar-refractivity contribution in [3.05, 3.63) is 0 Å². The molecule has 1 saturated heterocycles. The Hall–Kier alpha value is -0.320. The SMILES string of the molecule is CCC(Cl)C1O[C@](C)(C[C@@H](CC)[C@H](O)CC(=O)OC)CC1CC. The van der Waals surface area contributed by atoms with Gasteiger partial charge in [-0.3, -0.25) is 4.79 Å². The molecule has 4 nitrogen and oxygen atoms in total. The number of aliphatic hydroxyl groups excluding tert-OH is 1. The molecule has 1 aliphatic rings. The van der Waals surface area contributed by atoms with Crippen LogP contribution in [-0.2, 0) is 14.3 Å². The molecule has 1 N–H and O–H groups in total. The van der Waals surface area contributed by atoms with Crippen LogP contribution in [0.25, 0.3) is 0 Å². The van der Waals surface area contributed by atoms with Crippen LogP contribution in [0.15, 0.2) is 0 Å². The molecule has 0 bridgehead atoms. The second-order valence-electron chi connectivity index (χ2n) is 7.05. The Kier molecular flexibility index (Phi) is 8.32. The van der Waals surface area contributed by atoms with E-state index >= 15 is 0 Å². The molecule has 0 aliphatic carbocycles. The summed E-state index contributed by atoms with van der Waals surface area (Å²) in [7, 11) is 1.35. The molecular weight excluding hydrogens is 316 g/mol. The van der Waals surface area contributed by atoms with E-state index in [0.717, 1.165) is 32.1 Å². The molecule has 3 unspecified atom stereocenters. The van der Waals surface area contributed by atoms with Gasteiger partial charge in [-0.05, 0) is 38.0 Å². The first-order valence-corrected chi connectivity index (χ1v) is 9.30. The van der Waals surface area contributed by atoms with Gasteiger partial charge in [-0.2, -0.15) is 0 Å². The van der Waals surface area contributed by atoms with Gasteiger partial charge in [0.1, 0.15) is 0 Å². The lowest BCUT2D eigenvalue weighted by molar-refractivity contribution is -0.144. The summed E-state index contributed by atoms with van der Waals surface area (Å²) in [6, 6.07) is 0. The van der Waals surface area contributed by atoms with Crippen LogP contribution in [0.3, 0.4) is 0 Å². The highest BCUT2D eigenvalue weighted by molar-refractivity contribution is 6.21. The zero-order valence-corrected chi connectivity index (χ0v) is 15.9. The molecule has 136 valence electrons. The number of ether oxygens (including phenoxy) is 2. The van der Waals surface area contributed by atoms with Gasteiger partial charge in [0.2, 0.25) is 0 Å². The molecule has 5 heteroatoms. The van der Waals surface area contributed by atoms with E-state index in [-0.39, 0.29) is 35.4 Å². The number of esters is 1. The van der Waals surface area contributed by atoms with Gasteiger partial charge < -0.3 is 14.6 Å². The lowest BCUT2D eigenvalue weighted by atomic mass is 9.81. The fourth-order valence-corrected chi connectivity index (χ4v) is 4.04. The summed E-state index contributed by atoms with van der Waals surface area (Å²) in [6.45, 7) is 8.41. The zero-order chi connectivity index (χ0) is 17.6. The average molecular weight is 349 g/mol. The van der Waals surface area contributed by atoms with Crippen molar-refractivity contribution in [3.63, 3.8) is 0 Å². The summed E-state index contributed by atoms with van der Waals surface area (Å²) < 4.78 is 11.0. The quantitative estimate of drug-likeness (QED) is 0.507. The second kappa shape index (κ2) is 9.24. The number of aliphatic hydroxyl groups is 1. The molecule has 0 aromatic heterocycles. The first-order valence-electron chi connectivity index (χ1n) is 8.86. The van der Waals surface area contributed by atoms with E-state index in [4.69, 9.17) is 16.3 Å². The van der Waals surface area contributed by atoms with Crippen molar-refractivity contribution in [2.24, 2.45) is 11.8 Å². The van der Waals surface area contributed by atoms with Crippen molar-refractivity contribution < 1.29 is 19.4 Å². The van der Waals surface area contributed by atoms with Gasteiger partial charge >= 0.3 is 5.97 Å². The van der Waals surface area contributed by atoms with Crippen molar-refractivity contribution in [1.82, 2.24) is 0 Å². The molecule has 0 saturated carbocycles. The average Bonchev–Trinajstić information content (AvgIpc) is 2.88. The predicted molar refractivity (Wildman–Crippen MR) is 92.6 cm³/mol. The Morgan fingerprint density at radius 3 is 2.52 bits per heavy atom. The van der Waals surface area contributed by atoms with Crippen LogP contribution < -0.4 is 0 Å². The Morgan fingerprint density at radius 2 is 2.04 bits per heavy atom. The smallest absolute Gasteiger partial charge is 0.308 e. The topological polar surface area (TPSA) is 55.8 Å². The number of hydrogen-bond acceptors (Lipinski definition) is 4. The molecule has 1 heterocycles. The largest absolute Gasteiger partial charge is 0.469 e. The monoisotopic (exact) mass is 348 g/mol. The number of rotatable bonds is 9. The highest BCUT2D eigenvalue weighted by Gasteiger charge is 2.46. The molecular formula is C18H33ClO4. The van der Waals surface area contributed by atoms with Gasteiger partial charge in [-0.1, -0.05) is 33.6 Å². The first-order chi connectivity index (χ1) is 10.8. The summed E-state index contributed by atoms with van der Waals surface area (Å²) >= 11 is 6.46. The van der Waals surface area contributed by atoms with Crippen molar-refractivity contribution in [2.75, 3.05) is 7.11 Å². The minimum Gasteiger partial charge on any atom is -0.469 e. The van der Waals surface area contributed by atoms with E-state index in [0.29, 0.717) is 5.92 Å². The number of carbonyl (C=O) groups is 1. The first kappa shape index (κ1) is 20.7. The van der Waals surface area contributed by atoms with Crippen molar-refractivity contribution in [2.45, 2.75) is 89.4 Å². The van der Waals surface area contributed by atoms with E-state index in [1.807, 2.05) is 6.92 Å². The second-order valence-corrected chi connectivity index (χ2v) is 7.61. The summed E-state index contributed by atoms with van der Waals surface area (Å²) in [4.78, 5) is 11.4. The Labute approximate surface area is 145 Å². The van der Waals surface area contributed by atoms with Gasteiger partial charge in [-0.25, -0.2) is 0 Å². The van der Waals surface area contributed by atoms with Crippen LogP contribution in [-0.4, -0.2) is 41.4 Å². The number of halogens is 1. The third kappa shape index (κ3) is 5.61. The molecule has 0 radical (unpaired) electrons. The van der Waals surface area contributed by atoms with Crippen LogP contribution >= 0.6 is 11.6 Å². The number of alkyl halides is 1. The maximum absolute atomic E-state index is 11.4. The van der Waals surface area contributed by atoms with Crippen molar-refractivity contribution in [3.8, 4) is 0 Å². The molecule has 0 aromatic carbocycles. The zero-order valence-electron chi connectivity index (χ0n) is 15.2. The molecule has 1 aliphatic heterocycles. The van der Waals surface area contributed by atoms with Crippen LogP contribution in [0, 0.1) is 11.8 Å². The van der Waals surface area contributed by atoms with E-state index in [9.17, 15) is 9.90 Å². The van der Waals surface area contributed by atoms with Gasteiger partial charge in [0.15, 0.2) is 0 Å². The number of hydrogen-bond donors (Lipinski definition) is 1. The Bertz CT molecular complexity index is 376. The third-order valence-corrected chi connectivity index (χ3v) is 5.77. The molecule has 0 aromatic rings. The minimum atomic E-state index is -0.690. The number of methoxy groups -OCH3 is 1. The highest BCUT2D eigenvalue weighted by Crippen LogP contribution is 2.44. The molecule has 0 spiro atoms. The van der Waals surface area contributed by atoms with Crippen molar-refractivity contribution >= 4 is 17.6 Å². The molecule has 1 fully saturated rings. The van der Waals surface area contributed by atoms with E-state index in [1.54, 1.807) is 0 Å². The Balaban J connectivity index is 2.74. The fourth-order valence-electron chi connectivity index (χ4n) is 3.78. The summed E-state index contributed by atoms with van der Waals surface area (Å²) in [5, 5.41) is 10.4. The minimum absolute atomic E-state index is 0.0192. The van der Waals surface area contributed by atoms with Crippen LogP contribution in [0.1, 0.15) is 66.2 Å². The molecule has 0 amide bonds. The summed E-state index contributed by atoms with van der Waals surface area (Å²) in [5.41, 5.74) is -0.286. The normalized spacial score (nSPS) is 31.6. The fraction of sp³-hybridized carbons (Fsp3) is 0.944. The van der Waals surface area contributed by atoms with E-state index < -0.39 is 6.10 Å². The standard InChI is InChI=1S/C18H33ClO4/c1-6-12(15(20)9-16(21)22-5)10-18(4)11-13(7-2)17(23-18)14(19)8-3/h12-15,17,20H,6-11H2,1-5H3/t12-,13?,14?,15-,17?,18-/m1/s1. The van der Waals surface area contributed by atoms with Gasteiger partial charge in [0.05, 0.1) is 36.7 Å². The van der Waals surface area contributed by atoms with Crippen LogP contribution in [0.2, 0.25) is 0 Å².